The second-order valence-corrected chi connectivity index (χ2v) is 6.38. The van der Waals surface area contributed by atoms with Crippen molar-refractivity contribution in [1.29, 1.82) is 0 Å². The molecule has 1 atom stereocenters. The molecule has 0 aliphatic heterocycles. The lowest BCUT2D eigenvalue weighted by Gasteiger charge is -2.14. The van der Waals surface area contributed by atoms with Crippen LogP contribution in [0.1, 0.15) is 69.9 Å². The predicted molar refractivity (Wildman–Crippen MR) is 90.5 cm³/mol. The van der Waals surface area contributed by atoms with Gasteiger partial charge in [0, 0.05) is 12.8 Å². The van der Waals surface area contributed by atoms with Crippen LogP contribution in [-0.4, -0.2) is 12.3 Å². The van der Waals surface area contributed by atoms with Gasteiger partial charge in [0.2, 0.25) is 0 Å². The number of rotatable bonds is 10. The predicted octanol–water partition coefficient (Wildman–Crippen LogP) is 4.47. The maximum absolute atomic E-state index is 12.1. The van der Waals surface area contributed by atoms with Crippen molar-refractivity contribution in [2.75, 3.05) is 6.54 Å². The summed E-state index contributed by atoms with van der Waals surface area (Å²) in [6, 6.07) is 8.47. The van der Waals surface area contributed by atoms with E-state index in [4.69, 9.17) is 5.73 Å². The molecule has 0 aliphatic carbocycles. The van der Waals surface area contributed by atoms with Crippen molar-refractivity contribution in [3.63, 3.8) is 0 Å². The van der Waals surface area contributed by atoms with Crippen molar-refractivity contribution in [2.24, 2.45) is 11.7 Å². The molecule has 0 fully saturated rings. The van der Waals surface area contributed by atoms with Gasteiger partial charge in [0.05, 0.1) is 0 Å². The molecule has 0 saturated carbocycles. The van der Waals surface area contributed by atoms with Gasteiger partial charge >= 0.3 is 0 Å². The van der Waals surface area contributed by atoms with Crippen molar-refractivity contribution in [3.8, 4) is 0 Å². The number of carbonyl (C=O) groups is 1. The molecule has 118 valence electrons. The van der Waals surface area contributed by atoms with Crippen molar-refractivity contribution in [2.45, 2.75) is 65.2 Å². The molecule has 1 aromatic rings. The van der Waals surface area contributed by atoms with Crippen LogP contribution in [0, 0.1) is 5.92 Å². The Kier molecular flexibility index (Phi) is 8.29. The van der Waals surface area contributed by atoms with Crippen molar-refractivity contribution in [1.82, 2.24) is 0 Å². The number of hydrogen-bond donors (Lipinski definition) is 1. The van der Waals surface area contributed by atoms with Gasteiger partial charge in [-0.25, -0.2) is 0 Å². The largest absolute Gasteiger partial charge is 0.330 e. The van der Waals surface area contributed by atoms with Crippen LogP contribution in [0.3, 0.4) is 0 Å². The number of ketones is 1. The van der Waals surface area contributed by atoms with Gasteiger partial charge in [-0.05, 0) is 42.3 Å². The van der Waals surface area contributed by atoms with Gasteiger partial charge in [-0.2, -0.15) is 0 Å². The van der Waals surface area contributed by atoms with Crippen LogP contribution < -0.4 is 5.73 Å². The second kappa shape index (κ2) is 9.73. The van der Waals surface area contributed by atoms with Gasteiger partial charge in [-0.1, -0.05) is 57.9 Å². The minimum Gasteiger partial charge on any atom is -0.330 e. The Morgan fingerprint density at radius 1 is 1.10 bits per heavy atom. The van der Waals surface area contributed by atoms with E-state index in [1.807, 2.05) is 0 Å². The Morgan fingerprint density at radius 3 is 2.29 bits per heavy atom. The fourth-order valence-corrected chi connectivity index (χ4v) is 2.78. The van der Waals surface area contributed by atoms with Gasteiger partial charge in [0.1, 0.15) is 5.78 Å². The topological polar surface area (TPSA) is 43.1 Å². The zero-order valence-corrected chi connectivity index (χ0v) is 13.9. The van der Waals surface area contributed by atoms with Crippen LogP contribution in [-0.2, 0) is 11.2 Å². The average molecular weight is 289 g/mol. The molecule has 1 unspecified atom stereocenters. The van der Waals surface area contributed by atoms with Crippen LogP contribution in [0.15, 0.2) is 24.3 Å². The number of carbonyl (C=O) groups excluding carboxylic acids is 1. The SMILES string of the molecule is CCCC(CCN)CCC(=O)Cc1ccc(C(C)C)cc1. The summed E-state index contributed by atoms with van der Waals surface area (Å²) < 4.78 is 0. The molecule has 0 aliphatic rings. The third-order valence-corrected chi connectivity index (χ3v) is 4.15. The van der Waals surface area contributed by atoms with E-state index in [9.17, 15) is 4.79 Å². The van der Waals surface area contributed by atoms with Crippen LogP contribution in [0.2, 0.25) is 0 Å². The quantitative estimate of drug-likeness (QED) is 0.690. The summed E-state index contributed by atoms with van der Waals surface area (Å²) >= 11 is 0. The van der Waals surface area contributed by atoms with Gasteiger partial charge in [-0.15, -0.1) is 0 Å². The van der Waals surface area contributed by atoms with E-state index < -0.39 is 0 Å². The van der Waals surface area contributed by atoms with Crippen LogP contribution in [0.25, 0.3) is 0 Å². The fraction of sp³-hybridized carbons (Fsp3) is 0.632. The summed E-state index contributed by atoms with van der Waals surface area (Å²) in [5.74, 6) is 1.51. The monoisotopic (exact) mass is 289 g/mol. The maximum Gasteiger partial charge on any atom is 0.137 e. The molecule has 0 amide bonds. The zero-order chi connectivity index (χ0) is 15.7. The first kappa shape index (κ1) is 17.9. The van der Waals surface area contributed by atoms with E-state index in [1.165, 1.54) is 18.4 Å². The highest BCUT2D eigenvalue weighted by molar-refractivity contribution is 5.80. The van der Waals surface area contributed by atoms with Crippen LogP contribution >= 0.6 is 0 Å². The van der Waals surface area contributed by atoms with Crippen molar-refractivity contribution in [3.05, 3.63) is 35.4 Å². The molecule has 0 aromatic heterocycles. The number of benzene rings is 1. The minimum absolute atomic E-state index is 0.352. The summed E-state index contributed by atoms with van der Waals surface area (Å²) in [6.07, 6.45) is 5.66. The lowest BCUT2D eigenvalue weighted by molar-refractivity contribution is -0.118. The average Bonchev–Trinajstić information content (AvgIpc) is 2.46. The molecule has 0 saturated heterocycles. The summed E-state index contributed by atoms with van der Waals surface area (Å²) in [6.45, 7) is 7.30. The Bertz CT molecular complexity index is 402. The highest BCUT2D eigenvalue weighted by atomic mass is 16.1. The van der Waals surface area contributed by atoms with Crippen molar-refractivity contribution >= 4 is 5.78 Å². The van der Waals surface area contributed by atoms with E-state index in [-0.39, 0.29) is 0 Å². The molecule has 2 nitrogen and oxygen atoms in total. The van der Waals surface area contributed by atoms with Crippen LogP contribution in [0.5, 0.6) is 0 Å². The molecular weight excluding hydrogens is 258 g/mol. The molecule has 0 radical (unpaired) electrons. The van der Waals surface area contributed by atoms with Gasteiger partial charge in [-0.3, -0.25) is 4.79 Å². The normalized spacial score (nSPS) is 12.6. The first-order valence-electron chi connectivity index (χ1n) is 8.37. The first-order chi connectivity index (χ1) is 10.1. The Labute approximate surface area is 130 Å². The van der Waals surface area contributed by atoms with E-state index in [0.29, 0.717) is 30.5 Å². The zero-order valence-electron chi connectivity index (χ0n) is 13.9. The smallest absolute Gasteiger partial charge is 0.137 e. The number of nitrogens with two attached hydrogens (primary N) is 1. The molecule has 0 spiro atoms. The molecule has 0 bridgehead atoms. The highest BCUT2D eigenvalue weighted by Gasteiger charge is 2.11. The lowest BCUT2D eigenvalue weighted by Crippen LogP contribution is -2.11. The minimum atomic E-state index is 0.352. The first-order valence-corrected chi connectivity index (χ1v) is 8.37. The number of Topliss-reactive ketones (excluding diaryl/α,β-unsaturated/α-hetero) is 1. The van der Waals surface area contributed by atoms with E-state index in [0.717, 1.165) is 24.9 Å². The summed E-state index contributed by atoms with van der Waals surface area (Å²) in [5, 5.41) is 0. The summed E-state index contributed by atoms with van der Waals surface area (Å²) in [5.41, 5.74) is 8.11. The third kappa shape index (κ3) is 6.90. The van der Waals surface area contributed by atoms with Gasteiger partial charge < -0.3 is 5.73 Å². The lowest BCUT2D eigenvalue weighted by atomic mass is 9.92. The van der Waals surface area contributed by atoms with Gasteiger partial charge in [0.25, 0.3) is 0 Å². The number of hydrogen-bond acceptors (Lipinski definition) is 2. The molecule has 0 heterocycles. The molecule has 21 heavy (non-hydrogen) atoms. The van der Waals surface area contributed by atoms with Crippen LogP contribution in [0.4, 0.5) is 0 Å². The molecule has 1 rings (SSSR count). The van der Waals surface area contributed by atoms with Gasteiger partial charge in [0.15, 0.2) is 0 Å². The summed E-state index contributed by atoms with van der Waals surface area (Å²) in [4.78, 5) is 12.1. The molecule has 2 N–H and O–H groups in total. The Morgan fingerprint density at radius 2 is 1.76 bits per heavy atom. The third-order valence-electron chi connectivity index (χ3n) is 4.15. The standard InChI is InChI=1S/C19H31NO/c1-4-5-16(12-13-20)8-11-19(21)14-17-6-9-18(10-7-17)15(2)3/h6-7,9-10,15-16H,4-5,8,11-14,20H2,1-3H3. The molecular formula is C19H31NO. The van der Waals surface area contributed by atoms with Crippen molar-refractivity contribution < 1.29 is 4.79 Å². The van der Waals surface area contributed by atoms with E-state index >= 15 is 0 Å². The summed E-state index contributed by atoms with van der Waals surface area (Å²) in [7, 11) is 0. The highest BCUT2D eigenvalue weighted by Crippen LogP contribution is 2.19. The Balaban J connectivity index is 2.42. The fourth-order valence-electron chi connectivity index (χ4n) is 2.78. The molecule has 1 aromatic carbocycles. The van der Waals surface area contributed by atoms with E-state index in [1.54, 1.807) is 0 Å². The van der Waals surface area contributed by atoms with E-state index in [2.05, 4.69) is 45.0 Å². The Hall–Kier alpha value is -1.15. The second-order valence-electron chi connectivity index (χ2n) is 6.38. The molecule has 2 heteroatoms. The maximum atomic E-state index is 12.1.